The third-order valence-corrected chi connectivity index (χ3v) is 5.22. The van der Waals surface area contributed by atoms with E-state index in [9.17, 15) is 19.7 Å². The zero-order valence-corrected chi connectivity index (χ0v) is 16.3. The minimum atomic E-state index is -0.582. The van der Waals surface area contributed by atoms with Gasteiger partial charge < -0.3 is 5.32 Å². The number of nitro groups is 1. The summed E-state index contributed by atoms with van der Waals surface area (Å²) in [5.41, 5.74) is 0.948. The molecule has 28 heavy (non-hydrogen) atoms. The number of para-hydroxylation sites is 1. The number of aromatic nitrogens is 2. The van der Waals surface area contributed by atoms with Crippen molar-refractivity contribution < 1.29 is 9.72 Å². The van der Waals surface area contributed by atoms with E-state index >= 15 is 0 Å². The first kappa shape index (κ1) is 19.4. The topological polar surface area (TPSA) is 99.2 Å². The lowest BCUT2D eigenvalue weighted by Crippen LogP contribution is -2.23. The van der Waals surface area contributed by atoms with Crippen LogP contribution in [0.1, 0.15) is 16.1 Å². The zero-order valence-electron chi connectivity index (χ0n) is 15.5. The Kier molecular flexibility index (Phi) is 5.36. The van der Waals surface area contributed by atoms with Crippen LogP contribution in [-0.2, 0) is 7.05 Å². The number of amides is 1. The molecule has 0 spiro atoms. The molecule has 0 aliphatic rings. The standard InChI is InChI=1S/C19H18N4O4S/c1-12-17(19(25)22(21(12)2)14-7-5-4-6-8-14)20-18(24)13-9-10-16(28-3)15(11-13)23(26)27/h4-11H,1-3H3,(H,20,24). The third-order valence-electron chi connectivity index (χ3n) is 4.43. The smallest absolute Gasteiger partial charge is 0.295 e. The summed E-state index contributed by atoms with van der Waals surface area (Å²) in [5.74, 6) is -0.582. The Labute approximate surface area is 164 Å². The van der Waals surface area contributed by atoms with Crippen molar-refractivity contribution in [2.24, 2.45) is 7.05 Å². The van der Waals surface area contributed by atoms with Gasteiger partial charge in [-0.1, -0.05) is 18.2 Å². The summed E-state index contributed by atoms with van der Waals surface area (Å²) in [6.45, 7) is 1.72. The van der Waals surface area contributed by atoms with E-state index in [1.54, 1.807) is 37.0 Å². The van der Waals surface area contributed by atoms with E-state index in [-0.39, 0.29) is 22.5 Å². The van der Waals surface area contributed by atoms with E-state index in [0.717, 1.165) is 0 Å². The van der Waals surface area contributed by atoms with Crippen molar-refractivity contribution in [3.63, 3.8) is 0 Å². The van der Waals surface area contributed by atoms with Crippen LogP contribution in [-0.4, -0.2) is 26.4 Å². The number of carbonyl (C=O) groups excluding carboxylic acids is 1. The first-order chi connectivity index (χ1) is 13.3. The molecule has 3 rings (SSSR count). The summed E-state index contributed by atoms with van der Waals surface area (Å²) >= 11 is 1.23. The van der Waals surface area contributed by atoms with Crippen LogP contribution in [0.5, 0.6) is 0 Å². The summed E-state index contributed by atoms with van der Waals surface area (Å²) in [6.07, 6.45) is 1.72. The summed E-state index contributed by atoms with van der Waals surface area (Å²) < 4.78 is 3.09. The van der Waals surface area contributed by atoms with Crippen LogP contribution in [0.3, 0.4) is 0 Å². The van der Waals surface area contributed by atoms with Crippen molar-refractivity contribution in [3.8, 4) is 5.69 Å². The lowest BCUT2D eigenvalue weighted by atomic mass is 10.2. The van der Waals surface area contributed by atoms with Gasteiger partial charge in [0.2, 0.25) is 0 Å². The van der Waals surface area contributed by atoms with Crippen molar-refractivity contribution in [2.45, 2.75) is 11.8 Å². The summed E-state index contributed by atoms with van der Waals surface area (Å²) in [5, 5.41) is 13.8. The molecule has 0 bridgehead atoms. The normalized spacial score (nSPS) is 10.7. The Morgan fingerprint density at radius 1 is 1.18 bits per heavy atom. The second kappa shape index (κ2) is 7.73. The van der Waals surface area contributed by atoms with Crippen molar-refractivity contribution in [2.75, 3.05) is 11.6 Å². The molecule has 0 saturated heterocycles. The molecule has 1 N–H and O–H groups in total. The van der Waals surface area contributed by atoms with Crippen LogP contribution >= 0.6 is 11.8 Å². The van der Waals surface area contributed by atoms with E-state index in [1.807, 2.05) is 18.2 Å². The number of carbonyl (C=O) groups is 1. The number of nitrogens with zero attached hydrogens (tertiary/aromatic N) is 3. The van der Waals surface area contributed by atoms with Gasteiger partial charge in [0.15, 0.2) is 0 Å². The van der Waals surface area contributed by atoms with Gasteiger partial charge in [0.25, 0.3) is 17.2 Å². The number of nitrogens with one attached hydrogen (secondary N) is 1. The molecule has 2 aromatic carbocycles. The number of benzene rings is 2. The fraction of sp³-hybridized carbons (Fsp3) is 0.158. The lowest BCUT2D eigenvalue weighted by molar-refractivity contribution is -0.387. The molecule has 0 radical (unpaired) electrons. The maximum Gasteiger partial charge on any atom is 0.295 e. The van der Waals surface area contributed by atoms with Gasteiger partial charge in [-0.2, -0.15) is 0 Å². The summed E-state index contributed by atoms with van der Waals surface area (Å²) in [6, 6.07) is 13.3. The molecule has 0 unspecified atom stereocenters. The largest absolute Gasteiger partial charge is 0.316 e. The molecule has 0 fully saturated rings. The maximum absolute atomic E-state index is 12.9. The second-order valence-corrected chi connectivity index (χ2v) is 6.88. The molecule has 1 amide bonds. The number of rotatable bonds is 5. The van der Waals surface area contributed by atoms with E-state index in [2.05, 4.69) is 5.32 Å². The fourth-order valence-electron chi connectivity index (χ4n) is 2.87. The molecule has 9 heteroatoms. The highest BCUT2D eigenvalue weighted by Gasteiger charge is 2.21. The van der Waals surface area contributed by atoms with Crippen LogP contribution in [0, 0.1) is 17.0 Å². The number of hydrogen-bond acceptors (Lipinski definition) is 5. The van der Waals surface area contributed by atoms with E-state index in [1.165, 1.54) is 34.6 Å². The van der Waals surface area contributed by atoms with Crippen LogP contribution in [0.4, 0.5) is 11.4 Å². The number of hydrogen-bond donors (Lipinski definition) is 1. The highest BCUT2D eigenvalue weighted by Crippen LogP contribution is 2.28. The van der Waals surface area contributed by atoms with Gasteiger partial charge in [0.05, 0.1) is 21.2 Å². The van der Waals surface area contributed by atoms with Gasteiger partial charge >= 0.3 is 0 Å². The van der Waals surface area contributed by atoms with Crippen LogP contribution in [0.15, 0.2) is 58.2 Å². The van der Waals surface area contributed by atoms with Crippen LogP contribution in [0.25, 0.3) is 5.69 Å². The van der Waals surface area contributed by atoms with Crippen molar-refractivity contribution >= 4 is 29.0 Å². The first-order valence-electron chi connectivity index (χ1n) is 8.33. The van der Waals surface area contributed by atoms with Gasteiger partial charge in [0, 0.05) is 18.7 Å². The van der Waals surface area contributed by atoms with Crippen molar-refractivity contribution in [3.05, 3.63) is 80.3 Å². The highest BCUT2D eigenvalue weighted by atomic mass is 32.2. The molecule has 144 valence electrons. The van der Waals surface area contributed by atoms with E-state index < -0.39 is 10.8 Å². The summed E-state index contributed by atoms with van der Waals surface area (Å²) in [4.78, 5) is 36.7. The van der Waals surface area contributed by atoms with Crippen molar-refractivity contribution in [1.82, 2.24) is 9.36 Å². The number of thioether (sulfide) groups is 1. The molecule has 8 nitrogen and oxygen atoms in total. The highest BCUT2D eigenvalue weighted by molar-refractivity contribution is 7.98. The average molecular weight is 398 g/mol. The monoisotopic (exact) mass is 398 g/mol. The quantitative estimate of drug-likeness (QED) is 0.404. The Morgan fingerprint density at radius 2 is 1.86 bits per heavy atom. The van der Waals surface area contributed by atoms with Gasteiger partial charge in [-0.05, 0) is 37.4 Å². The predicted octanol–water partition coefficient (Wildman–Crippen LogP) is 3.37. The molecular weight excluding hydrogens is 380 g/mol. The SMILES string of the molecule is CSc1ccc(C(=O)Nc2c(C)n(C)n(-c3ccccc3)c2=O)cc1[N+](=O)[O-]. The first-order valence-corrected chi connectivity index (χ1v) is 9.55. The van der Waals surface area contributed by atoms with Gasteiger partial charge in [-0.3, -0.25) is 24.4 Å². The summed E-state index contributed by atoms with van der Waals surface area (Å²) in [7, 11) is 1.72. The molecule has 0 saturated carbocycles. The molecule has 0 aliphatic carbocycles. The second-order valence-electron chi connectivity index (χ2n) is 6.03. The van der Waals surface area contributed by atoms with Crippen LogP contribution < -0.4 is 10.9 Å². The van der Waals surface area contributed by atoms with E-state index in [0.29, 0.717) is 16.3 Å². The minimum absolute atomic E-state index is 0.110. The molecule has 3 aromatic rings. The fourth-order valence-corrected chi connectivity index (χ4v) is 3.42. The Hall–Kier alpha value is -3.33. The number of nitro benzene ring substituents is 1. The molecule has 0 aliphatic heterocycles. The van der Waals surface area contributed by atoms with E-state index in [4.69, 9.17) is 0 Å². The zero-order chi connectivity index (χ0) is 20.4. The molecular formula is C19H18N4O4S. The average Bonchev–Trinajstić information content (AvgIpc) is 2.91. The predicted molar refractivity (Wildman–Crippen MR) is 109 cm³/mol. The minimum Gasteiger partial charge on any atom is -0.316 e. The van der Waals surface area contributed by atoms with Gasteiger partial charge in [-0.25, -0.2) is 4.68 Å². The van der Waals surface area contributed by atoms with Crippen molar-refractivity contribution in [1.29, 1.82) is 0 Å². The molecule has 1 heterocycles. The maximum atomic E-state index is 12.9. The Balaban J connectivity index is 1.99. The molecule has 1 aromatic heterocycles. The number of anilines is 1. The van der Waals surface area contributed by atoms with Gasteiger partial charge in [-0.15, -0.1) is 11.8 Å². The Bertz CT molecular complexity index is 1120. The third kappa shape index (κ3) is 3.44. The lowest BCUT2D eigenvalue weighted by Gasteiger charge is -2.07. The van der Waals surface area contributed by atoms with Gasteiger partial charge in [0.1, 0.15) is 5.69 Å². The molecule has 0 atom stereocenters. The Morgan fingerprint density at radius 3 is 2.46 bits per heavy atom. The van der Waals surface area contributed by atoms with Crippen LogP contribution in [0.2, 0.25) is 0 Å².